The Kier molecular flexibility index (Phi) is 6.21. The molecule has 1 aliphatic carbocycles. The predicted molar refractivity (Wildman–Crippen MR) is 121 cm³/mol. The fraction of sp³-hybridized carbons (Fsp3) is 0.167. The van der Waals surface area contributed by atoms with E-state index in [1.807, 2.05) is 36.4 Å². The SMILES string of the molecule is Cn1cc(C(=O)O)c(NC(=O)/C=C/CNC(=O)OCC2c3ccccc3-c3ccccc32)n1. The fourth-order valence-electron chi connectivity index (χ4n) is 3.85. The lowest BCUT2D eigenvalue weighted by Gasteiger charge is -2.14. The molecule has 168 valence electrons. The molecule has 33 heavy (non-hydrogen) atoms. The fourth-order valence-corrected chi connectivity index (χ4v) is 3.85. The highest BCUT2D eigenvalue weighted by Crippen LogP contribution is 2.44. The molecule has 0 spiro atoms. The molecule has 1 aromatic heterocycles. The Morgan fingerprint density at radius 3 is 2.36 bits per heavy atom. The molecule has 0 atom stereocenters. The molecule has 0 saturated heterocycles. The number of nitrogens with zero attached hydrogens (tertiary/aromatic N) is 2. The van der Waals surface area contributed by atoms with Crippen molar-refractivity contribution in [3.63, 3.8) is 0 Å². The number of carbonyl (C=O) groups excluding carboxylic acids is 2. The Hall–Kier alpha value is -4.40. The maximum absolute atomic E-state index is 12.1. The number of anilines is 1. The molecule has 0 bridgehead atoms. The third-order valence-electron chi connectivity index (χ3n) is 5.28. The van der Waals surface area contributed by atoms with Gasteiger partial charge in [-0.25, -0.2) is 9.59 Å². The molecule has 0 aliphatic heterocycles. The highest BCUT2D eigenvalue weighted by atomic mass is 16.5. The summed E-state index contributed by atoms with van der Waals surface area (Å²) in [6.45, 7) is 0.264. The Bertz CT molecular complexity index is 1200. The molecule has 2 aromatic carbocycles. The number of amides is 2. The normalized spacial score (nSPS) is 12.3. The number of hydrogen-bond acceptors (Lipinski definition) is 5. The average Bonchev–Trinajstić information content (AvgIpc) is 3.33. The lowest BCUT2D eigenvalue weighted by Crippen LogP contribution is -2.26. The van der Waals surface area contributed by atoms with Gasteiger partial charge in [-0.3, -0.25) is 9.48 Å². The summed E-state index contributed by atoms with van der Waals surface area (Å²) in [5.41, 5.74) is 4.43. The molecule has 9 nitrogen and oxygen atoms in total. The van der Waals surface area contributed by atoms with Gasteiger partial charge in [0.2, 0.25) is 5.91 Å². The number of aromatic carboxylic acids is 1. The van der Waals surface area contributed by atoms with Gasteiger partial charge in [0.15, 0.2) is 5.82 Å². The zero-order valence-electron chi connectivity index (χ0n) is 17.8. The first-order valence-corrected chi connectivity index (χ1v) is 10.3. The van der Waals surface area contributed by atoms with Crippen LogP contribution in [0.25, 0.3) is 11.1 Å². The van der Waals surface area contributed by atoms with Crippen LogP contribution in [0.4, 0.5) is 10.6 Å². The van der Waals surface area contributed by atoms with Crippen molar-refractivity contribution in [3.8, 4) is 11.1 Å². The number of hydrogen-bond donors (Lipinski definition) is 3. The van der Waals surface area contributed by atoms with Crippen LogP contribution >= 0.6 is 0 Å². The van der Waals surface area contributed by atoms with Crippen molar-refractivity contribution in [2.75, 3.05) is 18.5 Å². The van der Waals surface area contributed by atoms with Gasteiger partial charge < -0.3 is 20.5 Å². The van der Waals surface area contributed by atoms with Gasteiger partial charge >= 0.3 is 12.1 Å². The Labute approximate surface area is 189 Å². The molecule has 9 heteroatoms. The van der Waals surface area contributed by atoms with Crippen LogP contribution in [0, 0.1) is 0 Å². The van der Waals surface area contributed by atoms with Gasteiger partial charge in [-0.2, -0.15) is 5.10 Å². The van der Waals surface area contributed by atoms with E-state index in [-0.39, 0.29) is 30.5 Å². The van der Waals surface area contributed by atoms with Crippen molar-refractivity contribution in [1.29, 1.82) is 0 Å². The Morgan fingerprint density at radius 2 is 1.73 bits per heavy atom. The molecule has 0 unspecified atom stereocenters. The number of fused-ring (bicyclic) bond motifs is 3. The third-order valence-corrected chi connectivity index (χ3v) is 5.28. The molecule has 0 saturated carbocycles. The van der Waals surface area contributed by atoms with Crippen molar-refractivity contribution in [3.05, 3.63) is 83.6 Å². The predicted octanol–water partition coefficient (Wildman–Crippen LogP) is 3.15. The number of ether oxygens (including phenoxy) is 1. The van der Waals surface area contributed by atoms with E-state index in [2.05, 4.69) is 27.9 Å². The van der Waals surface area contributed by atoms with E-state index in [1.165, 1.54) is 23.0 Å². The van der Waals surface area contributed by atoms with E-state index in [0.29, 0.717) is 0 Å². The second-order valence-corrected chi connectivity index (χ2v) is 7.47. The number of benzene rings is 2. The van der Waals surface area contributed by atoms with Crippen molar-refractivity contribution >= 4 is 23.8 Å². The highest BCUT2D eigenvalue weighted by molar-refractivity contribution is 6.03. The van der Waals surface area contributed by atoms with Crippen molar-refractivity contribution in [1.82, 2.24) is 15.1 Å². The number of alkyl carbamates (subject to hydrolysis) is 1. The van der Waals surface area contributed by atoms with Crippen LogP contribution in [0.1, 0.15) is 27.4 Å². The summed E-state index contributed by atoms with van der Waals surface area (Å²) >= 11 is 0. The van der Waals surface area contributed by atoms with Crippen LogP contribution in [0.3, 0.4) is 0 Å². The van der Waals surface area contributed by atoms with Crippen molar-refractivity contribution in [2.24, 2.45) is 7.05 Å². The van der Waals surface area contributed by atoms with E-state index >= 15 is 0 Å². The van der Waals surface area contributed by atoms with Gasteiger partial charge in [0.05, 0.1) is 0 Å². The highest BCUT2D eigenvalue weighted by Gasteiger charge is 2.28. The number of rotatable bonds is 7. The molecular formula is C24H22N4O5. The van der Waals surface area contributed by atoms with Crippen LogP contribution in [-0.4, -0.2) is 46.0 Å². The van der Waals surface area contributed by atoms with Gasteiger partial charge in [0.1, 0.15) is 12.2 Å². The Balaban J connectivity index is 1.27. The summed E-state index contributed by atoms with van der Waals surface area (Å²) in [5, 5.41) is 18.0. The maximum Gasteiger partial charge on any atom is 0.407 e. The van der Waals surface area contributed by atoms with Crippen LogP contribution in [0.15, 0.2) is 66.9 Å². The average molecular weight is 446 g/mol. The van der Waals surface area contributed by atoms with E-state index in [1.54, 1.807) is 7.05 Å². The lowest BCUT2D eigenvalue weighted by atomic mass is 9.98. The summed E-state index contributed by atoms with van der Waals surface area (Å²) in [7, 11) is 1.55. The summed E-state index contributed by atoms with van der Waals surface area (Å²) in [6.07, 6.45) is 3.31. The first-order chi connectivity index (χ1) is 15.9. The zero-order chi connectivity index (χ0) is 23.4. The van der Waals surface area contributed by atoms with Gasteiger partial charge in [0, 0.05) is 31.8 Å². The number of nitrogens with one attached hydrogen (secondary N) is 2. The summed E-state index contributed by atoms with van der Waals surface area (Å²) in [4.78, 5) is 35.3. The van der Waals surface area contributed by atoms with E-state index in [9.17, 15) is 14.4 Å². The summed E-state index contributed by atoms with van der Waals surface area (Å²) < 4.78 is 6.72. The minimum absolute atomic E-state index is 0.0359. The number of carboxylic acid groups (broad SMARTS) is 1. The minimum Gasteiger partial charge on any atom is -0.477 e. The molecule has 1 aliphatic rings. The van der Waals surface area contributed by atoms with E-state index in [0.717, 1.165) is 22.3 Å². The van der Waals surface area contributed by atoms with Gasteiger partial charge in [-0.15, -0.1) is 0 Å². The quantitative estimate of drug-likeness (QED) is 0.479. The second kappa shape index (κ2) is 9.39. The standard InChI is InChI=1S/C24H22N4O5/c1-28-13-19(23(30)31)22(27-28)26-21(29)11-6-12-25-24(32)33-14-20-17-9-4-2-7-15(17)16-8-3-5-10-18(16)20/h2-11,13,20H,12,14H2,1H3,(H,25,32)(H,30,31)(H,26,27,29)/b11-6+. The van der Waals surface area contributed by atoms with Crippen LogP contribution in [0.2, 0.25) is 0 Å². The first kappa shape index (κ1) is 21.8. The zero-order valence-corrected chi connectivity index (χ0v) is 17.8. The van der Waals surface area contributed by atoms with Gasteiger partial charge in [-0.1, -0.05) is 54.6 Å². The molecule has 2 amide bonds. The smallest absolute Gasteiger partial charge is 0.407 e. The molecule has 3 aromatic rings. The topological polar surface area (TPSA) is 123 Å². The Morgan fingerprint density at radius 1 is 1.09 bits per heavy atom. The van der Waals surface area contributed by atoms with Crippen LogP contribution < -0.4 is 10.6 Å². The van der Waals surface area contributed by atoms with Gasteiger partial charge in [0.25, 0.3) is 0 Å². The monoisotopic (exact) mass is 446 g/mol. The first-order valence-electron chi connectivity index (χ1n) is 10.3. The minimum atomic E-state index is -1.20. The largest absolute Gasteiger partial charge is 0.477 e. The molecular weight excluding hydrogens is 424 g/mol. The maximum atomic E-state index is 12.1. The van der Waals surface area contributed by atoms with Crippen molar-refractivity contribution < 1.29 is 24.2 Å². The molecule has 1 heterocycles. The lowest BCUT2D eigenvalue weighted by molar-refractivity contribution is -0.111. The van der Waals surface area contributed by atoms with Crippen LogP contribution in [-0.2, 0) is 16.6 Å². The summed E-state index contributed by atoms with van der Waals surface area (Å²) in [6, 6.07) is 16.1. The second-order valence-electron chi connectivity index (χ2n) is 7.47. The molecule has 3 N–H and O–H groups in total. The number of carboxylic acids is 1. The molecule has 0 radical (unpaired) electrons. The van der Waals surface area contributed by atoms with Crippen LogP contribution in [0.5, 0.6) is 0 Å². The number of aryl methyl sites for hydroxylation is 1. The molecule has 0 fully saturated rings. The van der Waals surface area contributed by atoms with E-state index < -0.39 is 18.0 Å². The van der Waals surface area contributed by atoms with E-state index in [4.69, 9.17) is 9.84 Å². The molecule has 4 rings (SSSR count). The van der Waals surface area contributed by atoms with Gasteiger partial charge in [-0.05, 0) is 22.3 Å². The van der Waals surface area contributed by atoms with Crippen molar-refractivity contribution in [2.45, 2.75) is 5.92 Å². The summed E-state index contributed by atoms with van der Waals surface area (Å²) in [5.74, 6) is -1.85. The number of aromatic nitrogens is 2. The number of carbonyl (C=O) groups is 3. The third kappa shape index (κ3) is 4.77.